The van der Waals surface area contributed by atoms with E-state index in [9.17, 15) is 0 Å². The maximum Gasteiger partial charge on any atom is 0.0625 e. The number of aryl methyl sites for hydroxylation is 1. The van der Waals surface area contributed by atoms with Gasteiger partial charge in [-0.25, -0.2) is 0 Å². The molecule has 0 radical (unpaired) electrons. The van der Waals surface area contributed by atoms with Gasteiger partial charge in [-0.3, -0.25) is 4.68 Å². The molecule has 1 aliphatic rings. The summed E-state index contributed by atoms with van der Waals surface area (Å²) < 4.78 is 2.22. The summed E-state index contributed by atoms with van der Waals surface area (Å²) in [6.45, 7) is 10.9. The van der Waals surface area contributed by atoms with Crippen LogP contribution in [0.5, 0.6) is 0 Å². The SMILES string of the molecule is CCCNC(Cn1nc(C)c(C)c1C)C1CCCC1. The van der Waals surface area contributed by atoms with Crippen molar-refractivity contribution in [2.75, 3.05) is 6.54 Å². The second-order valence-electron chi connectivity index (χ2n) is 6.08. The number of nitrogens with zero attached hydrogens (tertiary/aromatic N) is 2. The van der Waals surface area contributed by atoms with Crippen LogP contribution in [0.4, 0.5) is 0 Å². The topological polar surface area (TPSA) is 29.9 Å². The highest BCUT2D eigenvalue weighted by Gasteiger charge is 2.25. The third-order valence-electron chi connectivity index (χ3n) is 4.74. The lowest BCUT2D eigenvalue weighted by molar-refractivity contribution is 0.310. The number of nitrogens with one attached hydrogen (secondary N) is 1. The third-order valence-corrected chi connectivity index (χ3v) is 4.74. The van der Waals surface area contributed by atoms with Gasteiger partial charge in [0.25, 0.3) is 0 Å². The number of hydrogen-bond acceptors (Lipinski definition) is 2. The van der Waals surface area contributed by atoms with Gasteiger partial charge in [-0.05, 0) is 58.1 Å². The monoisotopic (exact) mass is 263 g/mol. The Bertz CT molecular complexity index is 402. The Morgan fingerprint density at radius 1 is 1.26 bits per heavy atom. The second-order valence-corrected chi connectivity index (χ2v) is 6.08. The van der Waals surface area contributed by atoms with Crippen molar-refractivity contribution in [1.82, 2.24) is 15.1 Å². The van der Waals surface area contributed by atoms with Gasteiger partial charge in [0.1, 0.15) is 0 Å². The van der Waals surface area contributed by atoms with Crippen LogP contribution in [0, 0.1) is 26.7 Å². The summed E-state index contributed by atoms with van der Waals surface area (Å²) in [6.07, 6.45) is 6.80. The standard InChI is InChI=1S/C16H29N3/c1-5-10-17-16(15-8-6-7-9-15)11-19-14(4)12(2)13(3)18-19/h15-17H,5-11H2,1-4H3. The maximum absolute atomic E-state index is 4.71. The van der Waals surface area contributed by atoms with Crippen molar-refractivity contribution in [2.45, 2.75) is 72.4 Å². The fraction of sp³-hybridized carbons (Fsp3) is 0.812. The molecule has 108 valence electrons. The van der Waals surface area contributed by atoms with Crippen LogP contribution in [-0.4, -0.2) is 22.4 Å². The Morgan fingerprint density at radius 3 is 2.47 bits per heavy atom. The summed E-state index contributed by atoms with van der Waals surface area (Å²) >= 11 is 0. The fourth-order valence-corrected chi connectivity index (χ4v) is 3.22. The van der Waals surface area contributed by atoms with Gasteiger partial charge >= 0.3 is 0 Å². The first-order valence-corrected chi connectivity index (χ1v) is 7.87. The molecule has 0 aliphatic heterocycles. The van der Waals surface area contributed by atoms with E-state index in [2.05, 4.69) is 37.7 Å². The summed E-state index contributed by atoms with van der Waals surface area (Å²) in [5.41, 5.74) is 3.86. The second kappa shape index (κ2) is 6.56. The molecule has 1 saturated carbocycles. The van der Waals surface area contributed by atoms with E-state index in [-0.39, 0.29) is 0 Å². The van der Waals surface area contributed by atoms with Gasteiger partial charge in [0.05, 0.1) is 12.2 Å². The zero-order chi connectivity index (χ0) is 13.8. The largest absolute Gasteiger partial charge is 0.312 e. The number of aromatic nitrogens is 2. The summed E-state index contributed by atoms with van der Waals surface area (Å²) in [5, 5.41) is 8.46. The van der Waals surface area contributed by atoms with E-state index >= 15 is 0 Å². The fourth-order valence-electron chi connectivity index (χ4n) is 3.22. The van der Waals surface area contributed by atoms with Crippen LogP contribution in [-0.2, 0) is 6.54 Å². The molecule has 1 fully saturated rings. The summed E-state index contributed by atoms with van der Waals surface area (Å²) in [6, 6.07) is 0.597. The summed E-state index contributed by atoms with van der Waals surface area (Å²) in [5.74, 6) is 0.843. The van der Waals surface area contributed by atoms with Crippen molar-refractivity contribution in [3.63, 3.8) is 0 Å². The molecular weight excluding hydrogens is 234 g/mol. The van der Waals surface area contributed by atoms with E-state index in [0.717, 1.165) is 19.0 Å². The lowest BCUT2D eigenvalue weighted by atomic mass is 9.98. The molecule has 0 bridgehead atoms. The van der Waals surface area contributed by atoms with Crippen molar-refractivity contribution >= 4 is 0 Å². The number of rotatable bonds is 6. The van der Waals surface area contributed by atoms with Crippen LogP contribution in [0.3, 0.4) is 0 Å². The van der Waals surface area contributed by atoms with Crippen LogP contribution >= 0.6 is 0 Å². The quantitative estimate of drug-likeness (QED) is 0.853. The maximum atomic E-state index is 4.71. The van der Waals surface area contributed by atoms with E-state index in [1.54, 1.807) is 0 Å². The normalized spacial score (nSPS) is 18.1. The average molecular weight is 263 g/mol. The number of hydrogen-bond donors (Lipinski definition) is 1. The molecule has 1 aromatic heterocycles. The first-order valence-electron chi connectivity index (χ1n) is 7.87. The Kier molecular flexibility index (Phi) is 5.03. The van der Waals surface area contributed by atoms with E-state index < -0.39 is 0 Å². The molecule has 0 aromatic carbocycles. The van der Waals surface area contributed by atoms with E-state index in [1.165, 1.54) is 49.1 Å². The van der Waals surface area contributed by atoms with Gasteiger partial charge in [-0.15, -0.1) is 0 Å². The minimum atomic E-state index is 0.597. The predicted octanol–water partition coefficient (Wildman–Crippen LogP) is 3.37. The summed E-state index contributed by atoms with van der Waals surface area (Å²) in [4.78, 5) is 0. The molecule has 1 unspecified atom stereocenters. The highest BCUT2D eigenvalue weighted by atomic mass is 15.3. The van der Waals surface area contributed by atoms with Crippen LogP contribution in [0.15, 0.2) is 0 Å². The molecule has 1 aromatic rings. The molecule has 0 amide bonds. The molecule has 3 heteroatoms. The predicted molar refractivity (Wildman–Crippen MR) is 80.5 cm³/mol. The first kappa shape index (κ1) is 14.6. The van der Waals surface area contributed by atoms with Gasteiger partial charge in [0, 0.05) is 11.7 Å². The first-order chi connectivity index (χ1) is 9.13. The van der Waals surface area contributed by atoms with Crippen molar-refractivity contribution in [3.05, 3.63) is 17.0 Å². The van der Waals surface area contributed by atoms with E-state index in [0.29, 0.717) is 6.04 Å². The Hall–Kier alpha value is -0.830. The molecule has 19 heavy (non-hydrogen) atoms. The van der Waals surface area contributed by atoms with Crippen LogP contribution < -0.4 is 5.32 Å². The van der Waals surface area contributed by atoms with Gasteiger partial charge in [0.15, 0.2) is 0 Å². The molecule has 0 spiro atoms. The lowest BCUT2D eigenvalue weighted by Crippen LogP contribution is -2.39. The molecule has 1 heterocycles. The van der Waals surface area contributed by atoms with Crippen molar-refractivity contribution in [3.8, 4) is 0 Å². The molecular formula is C16H29N3. The van der Waals surface area contributed by atoms with Gasteiger partial charge < -0.3 is 5.32 Å². The lowest BCUT2D eigenvalue weighted by Gasteiger charge is -2.25. The Labute approximate surface area is 117 Å². The zero-order valence-electron chi connectivity index (χ0n) is 13.0. The van der Waals surface area contributed by atoms with Gasteiger partial charge in [0.2, 0.25) is 0 Å². The van der Waals surface area contributed by atoms with Crippen molar-refractivity contribution in [2.24, 2.45) is 5.92 Å². The Balaban J connectivity index is 2.07. The van der Waals surface area contributed by atoms with Crippen molar-refractivity contribution < 1.29 is 0 Å². The highest BCUT2D eigenvalue weighted by Crippen LogP contribution is 2.28. The van der Waals surface area contributed by atoms with Gasteiger partial charge in [-0.2, -0.15) is 5.10 Å². The average Bonchev–Trinajstić information content (AvgIpc) is 3.00. The highest BCUT2D eigenvalue weighted by molar-refractivity contribution is 5.22. The minimum Gasteiger partial charge on any atom is -0.312 e. The summed E-state index contributed by atoms with van der Waals surface area (Å²) in [7, 11) is 0. The van der Waals surface area contributed by atoms with Crippen LogP contribution in [0.1, 0.15) is 56.0 Å². The molecule has 1 N–H and O–H groups in total. The third kappa shape index (κ3) is 3.38. The molecule has 1 aliphatic carbocycles. The smallest absolute Gasteiger partial charge is 0.0625 e. The molecule has 0 saturated heterocycles. The van der Waals surface area contributed by atoms with E-state index in [4.69, 9.17) is 5.10 Å². The van der Waals surface area contributed by atoms with Crippen LogP contribution in [0.2, 0.25) is 0 Å². The Morgan fingerprint density at radius 2 is 1.95 bits per heavy atom. The van der Waals surface area contributed by atoms with E-state index in [1.807, 2.05) is 0 Å². The molecule has 2 rings (SSSR count). The van der Waals surface area contributed by atoms with Gasteiger partial charge in [-0.1, -0.05) is 19.8 Å². The molecule has 3 nitrogen and oxygen atoms in total. The van der Waals surface area contributed by atoms with Crippen LogP contribution in [0.25, 0.3) is 0 Å². The van der Waals surface area contributed by atoms with Crippen molar-refractivity contribution in [1.29, 1.82) is 0 Å². The minimum absolute atomic E-state index is 0.597. The zero-order valence-corrected chi connectivity index (χ0v) is 13.0. The molecule has 1 atom stereocenters.